The average Bonchev–Trinajstić information content (AvgIpc) is 2.86. The Balaban J connectivity index is 2.24. The lowest BCUT2D eigenvalue weighted by molar-refractivity contribution is -0.115. The largest absolute Gasteiger partial charge is 0.423 e. The van der Waals surface area contributed by atoms with Crippen molar-refractivity contribution in [1.82, 2.24) is 10.2 Å². The van der Waals surface area contributed by atoms with Gasteiger partial charge in [0.25, 0.3) is 0 Å². The number of hydrogen-bond donors (Lipinski definition) is 1. The summed E-state index contributed by atoms with van der Waals surface area (Å²) < 4.78 is 5.11. The Kier molecular flexibility index (Phi) is 3.94. The number of carbonyl (C=O) groups excluding carboxylic acids is 1. The van der Waals surface area contributed by atoms with E-state index in [0.717, 1.165) is 16.8 Å². The molecule has 1 amide bonds. The van der Waals surface area contributed by atoms with Gasteiger partial charge in [0.2, 0.25) is 18.2 Å². The number of carbonyl (C=O) groups is 1. The zero-order chi connectivity index (χ0) is 13.0. The molecule has 1 N–H and O–H groups in total. The summed E-state index contributed by atoms with van der Waals surface area (Å²) in [7, 11) is 0. The lowest BCUT2D eigenvalue weighted by Crippen LogP contribution is -2.12. The minimum absolute atomic E-state index is 0.115. The first-order chi connectivity index (χ1) is 8.70. The normalized spacial score (nSPS) is 10.3. The van der Waals surface area contributed by atoms with Crippen LogP contribution in [0.15, 0.2) is 29.0 Å². The molecule has 0 spiro atoms. The maximum Gasteiger partial charge on any atom is 0.247 e. The van der Waals surface area contributed by atoms with Gasteiger partial charge >= 0.3 is 0 Å². The molecular formula is C12H12ClN3O2. The second-order valence-corrected chi connectivity index (χ2v) is 4.14. The molecule has 6 heteroatoms. The Hall–Kier alpha value is -1.88. The molecule has 1 aromatic carbocycles. The number of rotatable bonds is 4. The highest BCUT2D eigenvalue weighted by Crippen LogP contribution is 2.23. The van der Waals surface area contributed by atoms with Gasteiger partial charge in [-0.2, -0.15) is 0 Å². The molecule has 0 saturated heterocycles. The van der Waals surface area contributed by atoms with Crippen LogP contribution in [0.5, 0.6) is 0 Å². The van der Waals surface area contributed by atoms with Crippen LogP contribution in [-0.2, 0) is 4.79 Å². The van der Waals surface area contributed by atoms with Gasteiger partial charge in [0, 0.05) is 23.6 Å². The minimum Gasteiger partial charge on any atom is -0.423 e. The zero-order valence-electron chi connectivity index (χ0n) is 9.81. The summed E-state index contributed by atoms with van der Waals surface area (Å²) in [5.41, 5.74) is 2.45. The maximum absolute atomic E-state index is 11.5. The van der Waals surface area contributed by atoms with Gasteiger partial charge in [0.1, 0.15) is 0 Å². The molecule has 5 nitrogen and oxygen atoms in total. The van der Waals surface area contributed by atoms with E-state index < -0.39 is 0 Å². The van der Waals surface area contributed by atoms with Crippen molar-refractivity contribution in [3.05, 3.63) is 30.2 Å². The molecule has 0 atom stereocenters. The quantitative estimate of drug-likeness (QED) is 0.863. The Labute approximate surface area is 109 Å². The molecule has 1 heterocycles. The zero-order valence-corrected chi connectivity index (χ0v) is 10.6. The van der Waals surface area contributed by atoms with Crippen molar-refractivity contribution in [3.63, 3.8) is 0 Å². The summed E-state index contributed by atoms with van der Waals surface area (Å²) in [5, 5.41) is 10.2. The summed E-state index contributed by atoms with van der Waals surface area (Å²) in [6.45, 7) is 1.91. The Bertz CT molecular complexity index is 540. The predicted molar refractivity (Wildman–Crippen MR) is 68.4 cm³/mol. The summed E-state index contributed by atoms with van der Waals surface area (Å²) in [5.74, 6) is 0.604. The van der Waals surface area contributed by atoms with E-state index >= 15 is 0 Å². The highest BCUT2D eigenvalue weighted by molar-refractivity contribution is 6.19. The third-order valence-electron chi connectivity index (χ3n) is 2.44. The van der Waals surface area contributed by atoms with Crippen LogP contribution in [0.1, 0.15) is 12.0 Å². The first-order valence-corrected chi connectivity index (χ1v) is 5.97. The van der Waals surface area contributed by atoms with Gasteiger partial charge in [-0.25, -0.2) is 0 Å². The molecule has 0 unspecified atom stereocenters. The first-order valence-electron chi connectivity index (χ1n) is 5.43. The number of halogens is 1. The van der Waals surface area contributed by atoms with Gasteiger partial charge in [-0.05, 0) is 24.6 Å². The molecule has 0 fully saturated rings. The van der Waals surface area contributed by atoms with Gasteiger partial charge in [-0.1, -0.05) is 6.07 Å². The molecule has 2 aromatic rings. The van der Waals surface area contributed by atoms with E-state index in [2.05, 4.69) is 15.5 Å². The van der Waals surface area contributed by atoms with Crippen molar-refractivity contribution in [1.29, 1.82) is 0 Å². The smallest absolute Gasteiger partial charge is 0.247 e. The van der Waals surface area contributed by atoms with Crippen LogP contribution in [0.25, 0.3) is 11.5 Å². The van der Waals surface area contributed by atoms with Crippen LogP contribution in [0.2, 0.25) is 0 Å². The van der Waals surface area contributed by atoms with Crippen LogP contribution in [0, 0.1) is 6.92 Å². The highest BCUT2D eigenvalue weighted by Gasteiger charge is 2.08. The van der Waals surface area contributed by atoms with Crippen LogP contribution in [0.3, 0.4) is 0 Å². The molecule has 0 aliphatic heterocycles. The number of amides is 1. The average molecular weight is 266 g/mol. The second kappa shape index (κ2) is 5.64. The van der Waals surface area contributed by atoms with Gasteiger partial charge in [0.15, 0.2) is 0 Å². The Morgan fingerprint density at radius 1 is 1.50 bits per heavy atom. The molecule has 1 aromatic heterocycles. The SMILES string of the molecule is Cc1ccc(-c2nnco2)cc1NC(=O)CCCl. The third-order valence-corrected chi connectivity index (χ3v) is 2.63. The fourth-order valence-electron chi connectivity index (χ4n) is 1.49. The van der Waals surface area contributed by atoms with E-state index in [1.807, 2.05) is 19.1 Å². The summed E-state index contributed by atoms with van der Waals surface area (Å²) in [6.07, 6.45) is 1.55. The number of aromatic nitrogens is 2. The topological polar surface area (TPSA) is 68.0 Å². The molecule has 0 saturated carbocycles. The molecule has 18 heavy (non-hydrogen) atoms. The monoisotopic (exact) mass is 265 g/mol. The number of alkyl halides is 1. The number of anilines is 1. The van der Waals surface area contributed by atoms with E-state index in [1.54, 1.807) is 6.07 Å². The van der Waals surface area contributed by atoms with Crippen LogP contribution < -0.4 is 5.32 Å². The molecule has 2 rings (SSSR count). The molecule has 0 bridgehead atoms. The second-order valence-electron chi connectivity index (χ2n) is 3.76. The van der Waals surface area contributed by atoms with Gasteiger partial charge < -0.3 is 9.73 Å². The fourth-order valence-corrected chi connectivity index (χ4v) is 1.66. The van der Waals surface area contributed by atoms with Crippen LogP contribution in [-0.4, -0.2) is 22.0 Å². The molecule has 0 aliphatic rings. The number of hydrogen-bond acceptors (Lipinski definition) is 4. The maximum atomic E-state index is 11.5. The summed E-state index contributed by atoms with van der Waals surface area (Å²) in [6, 6.07) is 5.55. The van der Waals surface area contributed by atoms with E-state index in [4.69, 9.17) is 16.0 Å². The van der Waals surface area contributed by atoms with E-state index in [-0.39, 0.29) is 12.3 Å². The predicted octanol–water partition coefficient (Wildman–Crippen LogP) is 2.61. The summed E-state index contributed by atoms with van der Waals surface area (Å²) >= 11 is 5.52. The lowest BCUT2D eigenvalue weighted by atomic mass is 10.1. The van der Waals surface area contributed by atoms with Gasteiger partial charge in [-0.3, -0.25) is 4.79 Å². The molecular weight excluding hydrogens is 254 g/mol. The fraction of sp³-hybridized carbons (Fsp3) is 0.250. The van der Waals surface area contributed by atoms with Crippen molar-refractivity contribution in [2.24, 2.45) is 0 Å². The van der Waals surface area contributed by atoms with Crippen molar-refractivity contribution < 1.29 is 9.21 Å². The van der Waals surface area contributed by atoms with Crippen molar-refractivity contribution in [2.45, 2.75) is 13.3 Å². The standard InChI is InChI=1S/C12H12ClN3O2/c1-8-2-3-9(12-16-14-7-18-12)6-10(8)15-11(17)4-5-13/h2-3,6-7H,4-5H2,1H3,(H,15,17). The van der Waals surface area contributed by atoms with Crippen LogP contribution in [0.4, 0.5) is 5.69 Å². The van der Waals surface area contributed by atoms with E-state index in [1.165, 1.54) is 6.39 Å². The molecule has 94 valence electrons. The third kappa shape index (κ3) is 2.87. The molecule has 0 radical (unpaired) electrons. The lowest BCUT2D eigenvalue weighted by Gasteiger charge is -2.08. The van der Waals surface area contributed by atoms with Crippen LogP contribution >= 0.6 is 11.6 Å². The van der Waals surface area contributed by atoms with Crippen molar-refractivity contribution >= 4 is 23.2 Å². The number of aryl methyl sites for hydroxylation is 1. The van der Waals surface area contributed by atoms with Crippen molar-refractivity contribution in [2.75, 3.05) is 11.2 Å². The van der Waals surface area contributed by atoms with Gasteiger partial charge in [0.05, 0.1) is 0 Å². The Morgan fingerprint density at radius 3 is 3.00 bits per heavy atom. The summed E-state index contributed by atoms with van der Waals surface area (Å²) in [4.78, 5) is 11.5. The highest BCUT2D eigenvalue weighted by atomic mass is 35.5. The number of nitrogens with one attached hydrogen (secondary N) is 1. The van der Waals surface area contributed by atoms with Gasteiger partial charge in [-0.15, -0.1) is 21.8 Å². The number of benzene rings is 1. The van der Waals surface area contributed by atoms with E-state index in [0.29, 0.717) is 11.8 Å². The van der Waals surface area contributed by atoms with E-state index in [9.17, 15) is 4.79 Å². The number of nitrogens with zero attached hydrogens (tertiary/aromatic N) is 2. The molecule has 0 aliphatic carbocycles. The minimum atomic E-state index is -0.115. The van der Waals surface area contributed by atoms with Crippen molar-refractivity contribution in [3.8, 4) is 11.5 Å². The Morgan fingerprint density at radius 2 is 2.33 bits per heavy atom. The first kappa shape index (κ1) is 12.6.